The number of amides is 1. The summed E-state index contributed by atoms with van der Waals surface area (Å²) in [6.07, 6.45) is 0. The van der Waals surface area contributed by atoms with E-state index in [1.807, 2.05) is 13.8 Å². The SMILES string of the molecule is COc1cc(OC)cc(C(NC(C)C)C(N)=O)c1. The van der Waals surface area contributed by atoms with Gasteiger partial charge in [0, 0.05) is 12.1 Å². The van der Waals surface area contributed by atoms with Crippen LogP contribution in [-0.4, -0.2) is 26.2 Å². The summed E-state index contributed by atoms with van der Waals surface area (Å²) in [5.41, 5.74) is 6.15. The molecule has 1 unspecified atom stereocenters. The van der Waals surface area contributed by atoms with Gasteiger partial charge in [-0.2, -0.15) is 0 Å². The fourth-order valence-electron chi connectivity index (χ4n) is 1.67. The van der Waals surface area contributed by atoms with Crippen molar-refractivity contribution in [1.29, 1.82) is 0 Å². The highest BCUT2D eigenvalue weighted by Gasteiger charge is 2.20. The number of nitrogens with two attached hydrogens (primary N) is 1. The van der Waals surface area contributed by atoms with Gasteiger partial charge in [0.05, 0.1) is 14.2 Å². The van der Waals surface area contributed by atoms with Gasteiger partial charge in [-0.25, -0.2) is 0 Å². The molecule has 3 N–H and O–H groups in total. The summed E-state index contributed by atoms with van der Waals surface area (Å²) >= 11 is 0. The molecule has 0 aliphatic rings. The van der Waals surface area contributed by atoms with Crippen LogP contribution in [0.15, 0.2) is 18.2 Å². The van der Waals surface area contributed by atoms with Crippen LogP contribution < -0.4 is 20.5 Å². The minimum atomic E-state index is -0.561. The van der Waals surface area contributed by atoms with Crippen LogP contribution in [0, 0.1) is 0 Å². The number of ether oxygens (including phenoxy) is 2. The highest BCUT2D eigenvalue weighted by Crippen LogP contribution is 2.26. The summed E-state index contributed by atoms with van der Waals surface area (Å²) in [5.74, 6) is 0.821. The van der Waals surface area contributed by atoms with E-state index in [0.717, 1.165) is 5.56 Å². The fraction of sp³-hybridized carbons (Fsp3) is 0.462. The zero-order chi connectivity index (χ0) is 13.7. The maximum Gasteiger partial charge on any atom is 0.239 e. The van der Waals surface area contributed by atoms with Gasteiger partial charge in [0.25, 0.3) is 0 Å². The number of nitrogens with one attached hydrogen (secondary N) is 1. The standard InChI is InChI=1S/C13H20N2O3/c1-8(2)15-12(13(14)16)9-5-10(17-3)7-11(6-9)18-4/h5-8,12,15H,1-4H3,(H2,14,16). The Morgan fingerprint density at radius 2 is 1.67 bits per heavy atom. The number of rotatable bonds is 6. The number of primary amides is 1. The summed E-state index contributed by atoms with van der Waals surface area (Å²) < 4.78 is 10.3. The summed E-state index contributed by atoms with van der Waals surface area (Å²) in [6.45, 7) is 3.90. The summed E-state index contributed by atoms with van der Waals surface area (Å²) in [5, 5.41) is 3.11. The van der Waals surface area contributed by atoms with E-state index < -0.39 is 11.9 Å². The molecule has 0 spiro atoms. The molecule has 1 aromatic carbocycles. The van der Waals surface area contributed by atoms with Crippen molar-refractivity contribution in [2.45, 2.75) is 25.9 Å². The van der Waals surface area contributed by atoms with E-state index in [-0.39, 0.29) is 6.04 Å². The van der Waals surface area contributed by atoms with E-state index in [2.05, 4.69) is 5.32 Å². The Morgan fingerprint density at radius 1 is 1.17 bits per heavy atom. The second kappa shape index (κ2) is 6.26. The Hall–Kier alpha value is -1.75. The van der Waals surface area contributed by atoms with Gasteiger partial charge in [0.2, 0.25) is 5.91 Å². The van der Waals surface area contributed by atoms with Crippen LogP contribution in [0.4, 0.5) is 0 Å². The molecule has 0 heterocycles. The summed E-state index contributed by atoms with van der Waals surface area (Å²) in [6, 6.07) is 4.87. The monoisotopic (exact) mass is 252 g/mol. The molecule has 1 rings (SSSR count). The molecule has 5 heteroatoms. The van der Waals surface area contributed by atoms with Crippen LogP contribution in [0.25, 0.3) is 0 Å². The molecular weight excluding hydrogens is 232 g/mol. The Labute approximate surface area is 107 Å². The first-order valence-corrected chi connectivity index (χ1v) is 5.76. The third kappa shape index (κ3) is 3.63. The average molecular weight is 252 g/mol. The highest BCUT2D eigenvalue weighted by molar-refractivity contribution is 5.81. The molecule has 1 atom stereocenters. The van der Waals surface area contributed by atoms with Gasteiger partial charge in [-0.15, -0.1) is 0 Å². The molecule has 0 aliphatic carbocycles. The molecule has 0 saturated heterocycles. The Balaban J connectivity index is 3.14. The molecule has 0 aromatic heterocycles. The largest absolute Gasteiger partial charge is 0.497 e. The molecule has 5 nitrogen and oxygen atoms in total. The Kier molecular flexibility index (Phi) is 4.97. The predicted octanol–water partition coefficient (Wildman–Crippen LogP) is 1.23. The third-order valence-corrected chi connectivity index (χ3v) is 2.49. The number of hydrogen-bond donors (Lipinski definition) is 2. The van der Waals surface area contributed by atoms with E-state index in [0.29, 0.717) is 11.5 Å². The van der Waals surface area contributed by atoms with Gasteiger partial charge >= 0.3 is 0 Å². The lowest BCUT2D eigenvalue weighted by Gasteiger charge is -2.19. The molecule has 0 fully saturated rings. The predicted molar refractivity (Wildman–Crippen MR) is 69.8 cm³/mol. The first kappa shape index (κ1) is 14.3. The van der Waals surface area contributed by atoms with Crippen molar-refractivity contribution in [1.82, 2.24) is 5.32 Å². The molecule has 1 amide bonds. The lowest BCUT2D eigenvalue weighted by atomic mass is 10.0. The lowest BCUT2D eigenvalue weighted by Crippen LogP contribution is -2.37. The van der Waals surface area contributed by atoms with E-state index in [4.69, 9.17) is 15.2 Å². The minimum Gasteiger partial charge on any atom is -0.497 e. The van der Waals surface area contributed by atoms with Crippen molar-refractivity contribution in [3.63, 3.8) is 0 Å². The maximum atomic E-state index is 11.5. The van der Waals surface area contributed by atoms with Gasteiger partial charge in [0.1, 0.15) is 17.5 Å². The van der Waals surface area contributed by atoms with Gasteiger partial charge in [-0.05, 0) is 31.5 Å². The Bertz CT molecular complexity index is 396. The van der Waals surface area contributed by atoms with Gasteiger partial charge < -0.3 is 15.2 Å². The number of methoxy groups -OCH3 is 2. The fourth-order valence-corrected chi connectivity index (χ4v) is 1.67. The van der Waals surface area contributed by atoms with Crippen LogP contribution in [0.5, 0.6) is 11.5 Å². The molecule has 18 heavy (non-hydrogen) atoms. The van der Waals surface area contributed by atoms with E-state index >= 15 is 0 Å². The van der Waals surface area contributed by atoms with Crippen LogP contribution >= 0.6 is 0 Å². The number of benzene rings is 1. The molecule has 0 aliphatic heterocycles. The lowest BCUT2D eigenvalue weighted by molar-refractivity contribution is -0.120. The van der Waals surface area contributed by atoms with E-state index in [1.165, 1.54) is 0 Å². The summed E-state index contributed by atoms with van der Waals surface area (Å²) in [7, 11) is 3.13. The van der Waals surface area contributed by atoms with Crippen LogP contribution in [0.2, 0.25) is 0 Å². The number of hydrogen-bond acceptors (Lipinski definition) is 4. The van der Waals surface area contributed by atoms with Crippen LogP contribution in [0.3, 0.4) is 0 Å². The maximum absolute atomic E-state index is 11.5. The van der Waals surface area contributed by atoms with Crippen molar-refractivity contribution < 1.29 is 14.3 Å². The van der Waals surface area contributed by atoms with Gasteiger partial charge in [-0.1, -0.05) is 0 Å². The van der Waals surface area contributed by atoms with Crippen molar-refractivity contribution >= 4 is 5.91 Å². The topological polar surface area (TPSA) is 73.6 Å². The normalized spacial score (nSPS) is 12.3. The van der Waals surface area contributed by atoms with Crippen molar-refractivity contribution in [2.24, 2.45) is 5.73 Å². The zero-order valence-corrected chi connectivity index (χ0v) is 11.2. The second-order valence-electron chi connectivity index (χ2n) is 4.30. The first-order valence-electron chi connectivity index (χ1n) is 5.76. The highest BCUT2D eigenvalue weighted by atomic mass is 16.5. The molecule has 100 valence electrons. The zero-order valence-electron chi connectivity index (χ0n) is 11.2. The van der Waals surface area contributed by atoms with Gasteiger partial charge in [0.15, 0.2) is 0 Å². The van der Waals surface area contributed by atoms with E-state index in [9.17, 15) is 4.79 Å². The molecule has 0 saturated carbocycles. The van der Waals surface area contributed by atoms with Gasteiger partial charge in [-0.3, -0.25) is 10.1 Å². The van der Waals surface area contributed by atoms with Crippen molar-refractivity contribution in [3.8, 4) is 11.5 Å². The van der Waals surface area contributed by atoms with Crippen LogP contribution in [0.1, 0.15) is 25.5 Å². The van der Waals surface area contributed by atoms with E-state index in [1.54, 1.807) is 32.4 Å². The van der Waals surface area contributed by atoms with Crippen LogP contribution in [-0.2, 0) is 4.79 Å². The third-order valence-electron chi connectivity index (χ3n) is 2.49. The second-order valence-corrected chi connectivity index (χ2v) is 4.30. The molecule has 0 radical (unpaired) electrons. The smallest absolute Gasteiger partial charge is 0.239 e. The molecule has 1 aromatic rings. The van der Waals surface area contributed by atoms with Crippen molar-refractivity contribution in [3.05, 3.63) is 23.8 Å². The van der Waals surface area contributed by atoms with Crippen molar-refractivity contribution in [2.75, 3.05) is 14.2 Å². The number of carbonyl (C=O) groups is 1. The quantitative estimate of drug-likeness (QED) is 0.798. The average Bonchev–Trinajstić information content (AvgIpc) is 2.34. The molecule has 0 bridgehead atoms. The molecular formula is C13H20N2O3. The first-order chi connectivity index (χ1) is 8.47. The summed E-state index contributed by atoms with van der Waals surface area (Å²) in [4.78, 5) is 11.5. The minimum absolute atomic E-state index is 0.139. The Morgan fingerprint density at radius 3 is 2.00 bits per heavy atom. The number of carbonyl (C=O) groups excluding carboxylic acids is 1.